The largest absolute Gasteiger partial charge is 0.331 e. The van der Waals surface area contributed by atoms with Crippen molar-refractivity contribution in [3.63, 3.8) is 0 Å². The van der Waals surface area contributed by atoms with Crippen LogP contribution in [0.15, 0.2) is 9.81 Å². The van der Waals surface area contributed by atoms with Gasteiger partial charge in [0.05, 0.1) is 4.24 Å². The molecule has 0 aromatic carbocycles. The number of nitrogens with zero attached hydrogens (tertiary/aromatic N) is 1. The van der Waals surface area contributed by atoms with Gasteiger partial charge in [-0.05, 0) is 12.5 Å². The standard InChI is InChI=1S/C8H10N2O3S2/c1-10-6(12)4(7(14-2)15-3)5(11)9-8(10)13/h1-3H3,(H,9,11,13). The molecule has 82 valence electrons. The van der Waals surface area contributed by atoms with Crippen LogP contribution >= 0.6 is 23.5 Å². The van der Waals surface area contributed by atoms with Crippen LogP contribution in [-0.2, 0) is 9.59 Å². The van der Waals surface area contributed by atoms with E-state index < -0.39 is 17.8 Å². The molecule has 0 radical (unpaired) electrons. The molecule has 1 rings (SSSR count). The maximum atomic E-state index is 11.7. The summed E-state index contributed by atoms with van der Waals surface area (Å²) < 4.78 is 0.608. The highest BCUT2D eigenvalue weighted by Crippen LogP contribution is 2.29. The highest BCUT2D eigenvalue weighted by molar-refractivity contribution is 8.21. The van der Waals surface area contributed by atoms with Crippen molar-refractivity contribution in [2.24, 2.45) is 0 Å². The highest BCUT2D eigenvalue weighted by atomic mass is 32.2. The summed E-state index contributed by atoms with van der Waals surface area (Å²) in [4.78, 5) is 35.1. The number of hydrogen-bond donors (Lipinski definition) is 1. The Bertz CT molecular complexity index is 359. The lowest BCUT2D eigenvalue weighted by atomic mass is 10.2. The number of likely N-dealkylation sites (N-methyl/N-ethyl adjacent to an activating group) is 1. The van der Waals surface area contributed by atoms with Crippen molar-refractivity contribution >= 4 is 41.4 Å². The van der Waals surface area contributed by atoms with Crippen LogP contribution in [0.4, 0.5) is 4.79 Å². The van der Waals surface area contributed by atoms with Gasteiger partial charge in [0.25, 0.3) is 11.8 Å². The minimum absolute atomic E-state index is 0.0390. The van der Waals surface area contributed by atoms with Crippen molar-refractivity contribution in [2.75, 3.05) is 19.6 Å². The number of hydrogen-bond acceptors (Lipinski definition) is 5. The molecule has 15 heavy (non-hydrogen) atoms. The van der Waals surface area contributed by atoms with E-state index in [-0.39, 0.29) is 5.57 Å². The summed E-state index contributed by atoms with van der Waals surface area (Å²) >= 11 is 2.62. The summed E-state index contributed by atoms with van der Waals surface area (Å²) in [5.41, 5.74) is 0.0390. The Morgan fingerprint density at radius 3 is 2.20 bits per heavy atom. The van der Waals surface area contributed by atoms with E-state index in [9.17, 15) is 14.4 Å². The fourth-order valence-electron chi connectivity index (χ4n) is 1.07. The van der Waals surface area contributed by atoms with Gasteiger partial charge in [-0.3, -0.25) is 19.8 Å². The van der Waals surface area contributed by atoms with Gasteiger partial charge in [-0.15, -0.1) is 23.5 Å². The zero-order valence-corrected chi connectivity index (χ0v) is 10.1. The van der Waals surface area contributed by atoms with Crippen LogP contribution in [0.25, 0.3) is 0 Å². The highest BCUT2D eigenvalue weighted by Gasteiger charge is 2.35. The number of imide groups is 2. The Morgan fingerprint density at radius 1 is 1.20 bits per heavy atom. The van der Waals surface area contributed by atoms with Crippen molar-refractivity contribution < 1.29 is 14.4 Å². The molecule has 0 saturated carbocycles. The fourth-order valence-corrected chi connectivity index (χ4v) is 2.50. The van der Waals surface area contributed by atoms with Gasteiger partial charge in [-0.2, -0.15) is 0 Å². The molecular formula is C8H10N2O3S2. The molecule has 0 aromatic heterocycles. The maximum absolute atomic E-state index is 11.7. The number of barbiturate groups is 1. The molecule has 0 unspecified atom stereocenters. The van der Waals surface area contributed by atoms with E-state index in [0.717, 1.165) is 4.90 Å². The quantitative estimate of drug-likeness (QED) is 0.572. The van der Waals surface area contributed by atoms with Crippen molar-refractivity contribution in [3.05, 3.63) is 9.81 Å². The van der Waals surface area contributed by atoms with E-state index in [1.165, 1.54) is 30.6 Å². The van der Waals surface area contributed by atoms with Crippen molar-refractivity contribution in [1.82, 2.24) is 10.2 Å². The van der Waals surface area contributed by atoms with Crippen LogP contribution in [0.2, 0.25) is 0 Å². The van der Waals surface area contributed by atoms with E-state index in [4.69, 9.17) is 0 Å². The van der Waals surface area contributed by atoms with Gasteiger partial charge < -0.3 is 0 Å². The molecule has 1 heterocycles. The van der Waals surface area contributed by atoms with Gasteiger partial charge in [-0.1, -0.05) is 0 Å². The van der Waals surface area contributed by atoms with Crippen molar-refractivity contribution in [2.45, 2.75) is 0 Å². The zero-order valence-electron chi connectivity index (χ0n) is 8.49. The first-order valence-electron chi connectivity index (χ1n) is 3.98. The molecule has 7 heteroatoms. The van der Waals surface area contributed by atoms with Crippen LogP contribution in [0, 0.1) is 0 Å². The van der Waals surface area contributed by atoms with Gasteiger partial charge in [0.1, 0.15) is 5.57 Å². The van der Waals surface area contributed by atoms with Crippen LogP contribution < -0.4 is 5.32 Å². The average Bonchev–Trinajstić information content (AvgIpc) is 2.21. The molecule has 1 aliphatic heterocycles. The van der Waals surface area contributed by atoms with Crippen LogP contribution in [0.5, 0.6) is 0 Å². The van der Waals surface area contributed by atoms with Gasteiger partial charge in [-0.25, -0.2) is 4.79 Å². The summed E-state index contributed by atoms with van der Waals surface area (Å²) in [6, 6.07) is -0.685. The fraction of sp³-hybridized carbons (Fsp3) is 0.375. The first-order chi connectivity index (χ1) is 7.02. The zero-order chi connectivity index (χ0) is 11.6. The average molecular weight is 246 g/mol. The molecule has 0 spiro atoms. The third-order valence-electron chi connectivity index (χ3n) is 1.85. The smallest absolute Gasteiger partial charge is 0.273 e. The normalized spacial score (nSPS) is 16.9. The molecule has 1 N–H and O–H groups in total. The van der Waals surface area contributed by atoms with Gasteiger partial charge in [0, 0.05) is 7.05 Å². The molecule has 0 atom stereocenters. The minimum Gasteiger partial charge on any atom is -0.273 e. The molecule has 1 saturated heterocycles. The molecule has 5 nitrogen and oxygen atoms in total. The Balaban J connectivity index is 3.18. The number of rotatable bonds is 2. The van der Waals surface area contributed by atoms with E-state index >= 15 is 0 Å². The number of thioether (sulfide) groups is 2. The summed E-state index contributed by atoms with van der Waals surface area (Å²) in [6.07, 6.45) is 3.55. The van der Waals surface area contributed by atoms with E-state index in [0.29, 0.717) is 4.24 Å². The molecule has 1 fully saturated rings. The lowest BCUT2D eigenvalue weighted by molar-refractivity contribution is -0.129. The molecule has 0 aromatic rings. The lowest BCUT2D eigenvalue weighted by Crippen LogP contribution is -2.52. The van der Waals surface area contributed by atoms with E-state index in [1.54, 1.807) is 12.5 Å². The predicted molar refractivity (Wildman–Crippen MR) is 60.4 cm³/mol. The van der Waals surface area contributed by atoms with E-state index in [1.807, 2.05) is 0 Å². The van der Waals surface area contributed by atoms with Gasteiger partial charge in [0.2, 0.25) is 0 Å². The van der Waals surface area contributed by atoms with Gasteiger partial charge in [0.15, 0.2) is 0 Å². The minimum atomic E-state index is -0.685. The number of carbonyl (C=O) groups is 3. The predicted octanol–water partition coefficient (Wildman–Crippen LogP) is 0.632. The SMILES string of the molecule is CSC(SC)=C1C(=O)NC(=O)N(C)C1=O. The topological polar surface area (TPSA) is 66.5 Å². The van der Waals surface area contributed by atoms with Crippen molar-refractivity contribution in [1.29, 1.82) is 0 Å². The third kappa shape index (κ3) is 2.18. The first kappa shape index (κ1) is 12.1. The number of urea groups is 1. The third-order valence-corrected chi connectivity index (χ3v) is 4.00. The molecule has 4 amide bonds. The summed E-state index contributed by atoms with van der Waals surface area (Å²) in [7, 11) is 1.34. The lowest BCUT2D eigenvalue weighted by Gasteiger charge is -2.23. The Morgan fingerprint density at radius 2 is 1.73 bits per heavy atom. The first-order valence-corrected chi connectivity index (χ1v) is 6.43. The number of amides is 4. The Hall–Kier alpha value is -0.950. The Labute approximate surface area is 95.6 Å². The molecular weight excluding hydrogens is 236 g/mol. The maximum Gasteiger partial charge on any atom is 0.331 e. The second-order valence-electron chi connectivity index (χ2n) is 2.69. The Kier molecular flexibility index (Phi) is 3.81. The number of nitrogens with one attached hydrogen (secondary N) is 1. The molecule has 0 bridgehead atoms. The van der Waals surface area contributed by atoms with Crippen LogP contribution in [0.3, 0.4) is 0 Å². The summed E-state index contributed by atoms with van der Waals surface area (Å²) in [6.45, 7) is 0. The summed E-state index contributed by atoms with van der Waals surface area (Å²) in [5.74, 6) is -1.18. The number of carbonyl (C=O) groups excluding carboxylic acids is 3. The van der Waals surface area contributed by atoms with E-state index in [2.05, 4.69) is 5.32 Å². The van der Waals surface area contributed by atoms with Crippen LogP contribution in [-0.4, -0.2) is 42.3 Å². The molecule has 1 aliphatic rings. The van der Waals surface area contributed by atoms with Crippen LogP contribution in [0.1, 0.15) is 0 Å². The van der Waals surface area contributed by atoms with Crippen molar-refractivity contribution in [3.8, 4) is 0 Å². The summed E-state index contributed by atoms with van der Waals surface area (Å²) in [5, 5.41) is 2.10. The second kappa shape index (κ2) is 4.71. The van der Waals surface area contributed by atoms with Gasteiger partial charge >= 0.3 is 6.03 Å². The molecule has 0 aliphatic carbocycles. The second-order valence-corrected chi connectivity index (χ2v) is 4.59. The monoisotopic (exact) mass is 246 g/mol.